The Hall–Kier alpha value is -1.38. The van der Waals surface area contributed by atoms with Crippen molar-refractivity contribution in [2.24, 2.45) is 0 Å². The molecule has 0 heterocycles. The predicted octanol–water partition coefficient (Wildman–Crippen LogP) is 2.01. The molecular weight excluding hydrogens is 142 g/mol. The Morgan fingerprint density at radius 3 is 2.64 bits per heavy atom. The second kappa shape index (κ2) is 2.70. The van der Waals surface area contributed by atoms with E-state index in [1.807, 2.05) is 6.92 Å². The molecule has 3 heteroatoms. The van der Waals surface area contributed by atoms with Crippen molar-refractivity contribution in [1.82, 2.24) is 0 Å². The first kappa shape index (κ1) is 7.72. The summed E-state index contributed by atoms with van der Waals surface area (Å²) in [6, 6.07) is 5.99. The third-order valence-corrected chi connectivity index (χ3v) is 1.44. The first-order valence-electron chi connectivity index (χ1n) is 3.24. The normalized spacial score (nSPS) is 9.64. The van der Waals surface area contributed by atoms with Crippen molar-refractivity contribution in [3.05, 3.63) is 39.4 Å². The van der Waals surface area contributed by atoms with Gasteiger partial charge in [0.05, 0.1) is 11.0 Å². The molecule has 57 valence electrons. The zero-order chi connectivity index (χ0) is 8.43. The SMILES string of the molecule is Cc1c[c]c([N+](=O)[O-])c(C)c1. The van der Waals surface area contributed by atoms with Crippen molar-refractivity contribution in [1.29, 1.82) is 0 Å². The van der Waals surface area contributed by atoms with E-state index < -0.39 is 4.92 Å². The predicted molar refractivity (Wildman–Crippen MR) is 41.4 cm³/mol. The van der Waals surface area contributed by atoms with Gasteiger partial charge in [-0.3, -0.25) is 10.1 Å². The first-order valence-corrected chi connectivity index (χ1v) is 3.24. The molecule has 0 aliphatic carbocycles. The highest BCUT2D eigenvalue weighted by molar-refractivity contribution is 5.40. The molecule has 0 N–H and O–H groups in total. The number of hydrogen-bond acceptors (Lipinski definition) is 2. The van der Waals surface area contributed by atoms with Crippen LogP contribution in [-0.4, -0.2) is 4.92 Å². The highest BCUT2D eigenvalue weighted by Crippen LogP contribution is 2.16. The maximum absolute atomic E-state index is 10.3. The van der Waals surface area contributed by atoms with Crippen molar-refractivity contribution in [3.8, 4) is 0 Å². The van der Waals surface area contributed by atoms with E-state index >= 15 is 0 Å². The summed E-state index contributed by atoms with van der Waals surface area (Å²) in [5, 5.41) is 10.3. The van der Waals surface area contributed by atoms with Crippen LogP contribution in [0.3, 0.4) is 0 Å². The van der Waals surface area contributed by atoms with Crippen molar-refractivity contribution in [2.75, 3.05) is 0 Å². The Bertz CT molecular complexity index is 294. The summed E-state index contributed by atoms with van der Waals surface area (Å²) in [6.45, 7) is 3.59. The number of benzene rings is 1. The molecular formula is C8H8NO2. The minimum Gasteiger partial charge on any atom is -0.258 e. The van der Waals surface area contributed by atoms with Crippen LogP contribution in [-0.2, 0) is 0 Å². The Morgan fingerprint density at radius 2 is 2.18 bits per heavy atom. The molecule has 0 bridgehead atoms. The summed E-state index contributed by atoms with van der Waals surface area (Å²) < 4.78 is 0. The fraction of sp³-hybridized carbons (Fsp3) is 0.250. The highest BCUT2D eigenvalue weighted by atomic mass is 16.6. The van der Waals surface area contributed by atoms with Gasteiger partial charge in [0.15, 0.2) is 0 Å². The lowest BCUT2D eigenvalue weighted by Crippen LogP contribution is -1.91. The van der Waals surface area contributed by atoms with Gasteiger partial charge in [0.1, 0.15) is 0 Å². The molecule has 0 fully saturated rings. The molecule has 0 atom stereocenters. The average Bonchev–Trinajstić information content (AvgIpc) is 1.85. The van der Waals surface area contributed by atoms with Gasteiger partial charge in [-0.2, -0.15) is 0 Å². The summed E-state index contributed by atoms with van der Waals surface area (Å²) in [6.07, 6.45) is 0. The van der Waals surface area contributed by atoms with E-state index in [0.29, 0.717) is 5.56 Å². The number of nitro groups is 1. The van der Waals surface area contributed by atoms with Crippen LogP contribution in [0.15, 0.2) is 12.1 Å². The Kier molecular flexibility index (Phi) is 1.89. The van der Waals surface area contributed by atoms with Gasteiger partial charge in [-0.05, 0) is 31.5 Å². The average molecular weight is 150 g/mol. The third-order valence-electron chi connectivity index (χ3n) is 1.44. The largest absolute Gasteiger partial charge is 0.280 e. The topological polar surface area (TPSA) is 43.1 Å². The van der Waals surface area contributed by atoms with Gasteiger partial charge in [-0.15, -0.1) is 0 Å². The lowest BCUT2D eigenvalue weighted by molar-refractivity contribution is -0.385. The summed E-state index contributed by atoms with van der Waals surface area (Å²) >= 11 is 0. The van der Waals surface area contributed by atoms with E-state index in [4.69, 9.17) is 0 Å². The van der Waals surface area contributed by atoms with Crippen LogP contribution in [0.25, 0.3) is 0 Å². The molecule has 11 heavy (non-hydrogen) atoms. The fourth-order valence-electron chi connectivity index (χ4n) is 0.944. The molecule has 0 spiro atoms. The van der Waals surface area contributed by atoms with Crippen LogP contribution in [0.4, 0.5) is 5.69 Å². The number of nitrogens with zero attached hydrogens (tertiary/aromatic N) is 1. The maximum Gasteiger partial charge on any atom is 0.280 e. The lowest BCUT2D eigenvalue weighted by Gasteiger charge is -1.95. The van der Waals surface area contributed by atoms with E-state index in [0.717, 1.165) is 5.56 Å². The quantitative estimate of drug-likeness (QED) is 0.454. The summed E-state index contributed by atoms with van der Waals surface area (Å²) in [5.74, 6) is 0. The Labute approximate surface area is 64.8 Å². The molecule has 1 aromatic rings. The Balaban J connectivity index is 3.20. The van der Waals surface area contributed by atoms with E-state index in [1.165, 1.54) is 0 Å². The monoisotopic (exact) mass is 150 g/mol. The lowest BCUT2D eigenvalue weighted by atomic mass is 10.1. The molecule has 1 aromatic carbocycles. The number of rotatable bonds is 1. The smallest absolute Gasteiger partial charge is 0.258 e. The van der Waals surface area contributed by atoms with Crippen LogP contribution >= 0.6 is 0 Å². The van der Waals surface area contributed by atoms with Crippen LogP contribution in [0, 0.1) is 30.0 Å². The molecule has 0 amide bonds. The number of aryl methyl sites for hydroxylation is 2. The van der Waals surface area contributed by atoms with Gasteiger partial charge in [0, 0.05) is 5.56 Å². The molecule has 0 saturated carbocycles. The standard InChI is InChI=1S/C8H8NO2/c1-6-3-4-8(9(10)11)7(2)5-6/h3,5H,1-2H3. The van der Waals surface area contributed by atoms with Gasteiger partial charge in [-0.25, -0.2) is 0 Å². The molecule has 0 saturated heterocycles. The zero-order valence-electron chi connectivity index (χ0n) is 6.42. The van der Waals surface area contributed by atoms with Crippen LogP contribution in [0.2, 0.25) is 0 Å². The summed E-state index contributed by atoms with van der Waals surface area (Å²) in [7, 11) is 0. The fourth-order valence-corrected chi connectivity index (χ4v) is 0.944. The molecule has 0 aliphatic rings. The van der Waals surface area contributed by atoms with Gasteiger partial charge in [0.25, 0.3) is 5.69 Å². The molecule has 1 radical (unpaired) electrons. The molecule has 1 rings (SSSR count). The van der Waals surface area contributed by atoms with Crippen LogP contribution < -0.4 is 0 Å². The van der Waals surface area contributed by atoms with Gasteiger partial charge in [0.2, 0.25) is 0 Å². The van der Waals surface area contributed by atoms with Gasteiger partial charge in [-0.1, -0.05) is 0 Å². The molecule has 0 aliphatic heterocycles. The number of hydrogen-bond donors (Lipinski definition) is 0. The van der Waals surface area contributed by atoms with E-state index in [1.54, 1.807) is 19.1 Å². The van der Waals surface area contributed by atoms with Crippen molar-refractivity contribution in [2.45, 2.75) is 13.8 Å². The summed E-state index contributed by atoms with van der Waals surface area (Å²) in [4.78, 5) is 9.89. The minimum absolute atomic E-state index is 0.0654. The molecule has 0 aromatic heterocycles. The minimum atomic E-state index is -0.422. The summed E-state index contributed by atoms with van der Waals surface area (Å²) in [5.41, 5.74) is 1.72. The number of nitro benzene ring substituents is 1. The third kappa shape index (κ3) is 1.55. The molecule has 0 unspecified atom stereocenters. The van der Waals surface area contributed by atoms with Crippen molar-refractivity contribution >= 4 is 5.69 Å². The van der Waals surface area contributed by atoms with E-state index in [2.05, 4.69) is 6.07 Å². The maximum atomic E-state index is 10.3. The van der Waals surface area contributed by atoms with E-state index in [9.17, 15) is 10.1 Å². The van der Waals surface area contributed by atoms with Crippen LogP contribution in [0.1, 0.15) is 11.1 Å². The van der Waals surface area contributed by atoms with E-state index in [-0.39, 0.29) is 5.69 Å². The van der Waals surface area contributed by atoms with Crippen LogP contribution in [0.5, 0.6) is 0 Å². The van der Waals surface area contributed by atoms with Crippen molar-refractivity contribution < 1.29 is 4.92 Å². The zero-order valence-corrected chi connectivity index (χ0v) is 6.42. The first-order chi connectivity index (χ1) is 5.11. The molecule has 3 nitrogen and oxygen atoms in total. The second-order valence-electron chi connectivity index (χ2n) is 2.47. The van der Waals surface area contributed by atoms with Gasteiger partial charge < -0.3 is 0 Å². The van der Waals surface area contributed by atoms with Gasteiger partial charge >= 0.3 is 0 Å². The second-order valence-corrected chi connectivity index (χ2v) is 2.47. The van der Waals surface area contributed by atoms with Crippen molar-refractivity contribution in [3.63, 3.8) is 0 Å². The highest BCUT2D eigenvalue weighted by Gasteiger charge is 2.08. The Morgan fingerprint density at radius 1 is 1.55 bits per heavy atom.